The highest BCUT2D eigenvalue weighted by Crippen LogP contribution is 2.13. The predicted molar refractivity (Wildman–Crippen MR) is 60.9 cm³/mol. The second-order valence-corrected chi connectivity index (χ2v) is 3.91. The molecular formula is C13H18O2. The minimum Gasteiger partial charge on any atom is -0.465 e. The number of benzene rings is 1. The minimum absolute atomic E-state index is 0.263. The van der Waals surface area contributed by atoms with Crippen LogP contribution >= 0.6 is 0 Å². The van der Waals surface area contributed by atoms with E-state index < -0.39 is 0 Å². The average Bonchev–Trinajstić information content (AvgIpc) is 2.28. The van der Waals surface area contributed by atoms with Gasteiger partial charge < -0.3 is 4.74 Å². The molecule has 1 aromatic carbocycles. The molecule has 0 heterocycles. The Kier molecular flexibility index (Phi) is 4.35. The van der Waals surface area contributed by atoms with E-state index >= 15 is 0 Å². The van der Waals surface area contributed by atoms with Gasteiger partial charge in [0.1, 0.15) is 0 Å². The molecule has 0 N–H and O–H groups in total. The van der Waals surface area contributed by atoms with E-state index in [0.717, 1.165) is 12.8 Å². The number of ether oxygens (including phenoxy) is 1. The van der Waals surface area contributed by atoms with Crippen molar-refractivity contribution in [3.8, 4) is 0 Å². The maximum Gasteiger partial charge on any atom is 0.337 e. The molecular weight excluding hydrogens is 188 g/mol. The van der Waals surface area contributed by atoms with Crippen LogP contribution in [0.2, 0.25) is 0 Å². The topological polar surface area (TPSA) is 26.3 Å². The quantitative estimate of drug-likeness (QED) is 0.708. The highest BCUT2D eigenvalue weighted by molar-refractivity contribution is 5.89. The Morgan fingerprint density at radius 2 is 2.20 bits per heavy atom. The summed E-state index contributed by atoms with van der Waals surface area (Å²) in [4.78, 5) is 11.3. The van der Waals surface area contributed by atoms with Gasteiger partial charge in [0.25, 0.3) is 0 Å². The number of esters is 1. The average molecular weight is 206 g/mol. The van der Waals surface area contributed by atoms with Crippen LogP contribution in [0.5, 0.6) is 0 Å². The molecule has 1 unspecified atom stereocenters. The lowest BCUT2D eigenvalue weighted by molar-refractivity contribution is 0.0600. The highest BCUT2D eigenvalue weighted by Gasteiger charge is 2.07. The Morgan fingerprint density at radius 3 is 2.80 bits per heavy atom. The van der Waals surface area contributed by atoms with Crippen LogP contribution in [0.4, 0.5) is 0 Å². The van der Waals surface area contributed by atoms with Crippen molar-refractivity contribution in [2.24, 2.45) is 5.92 Å². The highest BCUT2D eigenvalue weighted by atomic mass is 16.5. The van der Waals surface area contributed by atoms with Gasteiger partial charge in [0, 0.05) is 0 Å². The van der Waals surface area contributed by atoms with Gasteiger partial charge in [0.15, 0.2) is 0 Å². The molecule has 2 nitrogen and oxygen atoms in total. The number of methoxy groups -OCH3 is 1. The van der Waals surface area contributed by atoms with Crippen molar-refractivity contribution in [3.63, 3.8) is 0 Å². The smallest absolute Gasteiger partial charge is 0.337 e. The van der Waals surface area contributed by atoms with E-state index in [1.165, 1.54) is 12.7 Å². The summed E-state index contributed by atoms with van der Waals surface area (Å²) >= 11 is 0. The molecule has 0 aliphatic rings. The van der Waals surface area contributed by atoms with E-state index in [4.69, 9.17) is 0 Å². The number of carbonyl (C=O) groups excluding carboxylic acids is 1. The summed E-state index contributed by atoms with van der Waals surface area (Å²) < 4.78 is 4.68. The standard InChI is InChI=1S/C13H18O2/c1-4-10(2)8-11-6-5-7-12(9-11)13(14)15-3/h5-7,9-10H,4,8H2,1-3H3. The van der Waals surface area contributed by atoms with E-state index in [9.17, 15) is 4.79 Å². The van der Waals surface area contributed by atoms with Gasteiger partial charge in [-0.25, -0.2) is 4.79 Å². The fraction of sp³-hybridized carbons (Fsp3) is 0.462. The Hall–Kier alpha value is -1.31. The van der Waals surface area contributed by atoms with E-state index in [1.54, 1.807) is 6.07 Å². The van der Waals surface area contributed by atoms with Gasteiger partial charge >= 0.3 is 5.97 Å². The van der Waals surface area contributed by atoms with Crippen LogP contribution in [-0.2, 0) is 11.2 Å². The van der Waals surface area contributed by atoms with Gasteiger partial charge in [-0.1, -0.05) is 32.4 Å². The summed E-state index contributed by atoms with van der Waals surface area (Å²) in [5, 5.41) is 0. The lowest BCUT2D eigenvalue weighted by Crippen LogP contribution is -2.03. The van der Waals surface area contributed by atoms with Crippen molar-refractivity contribution in [3.05, 3.63) is 35.4 Å². The van der Waals surface area contributed by atoms with Crippen molar-refractivity contribution in [1.82, 2.24) is 0 Å². The van der Waals surface area contributed by atoms with Crippen molar-refractivity contribution in [2.45, 2.75) is 26.7 Å². The minimum atomic E-state index is -0.263. The van der Waals surface area contributed by atoms with Crippen LogP contribution < -0.4 is 0 Å². The Labute approximate surface area is 91.3 Å². The predicted octanol–water partition coefficient (Wildman–Crippen LogP) is 3.06. The molecule has 0 fully saturated rings. The van der Waals surface area contributed by atoms with Crippen LogP contribution in [0.15, 0.2) is 24.3 Å². The van der Waals surface area contributed by atoms with E-state index in [2.05, 4.69) is 24.7 Å². The number of hydrogen-bond acceptors (Lipinski definition) is 2. The Balaban J connectivity index is 2.78. The fourth-order valence-corrected chi connectivity index (χ4v) is 1.49. The fourth-order valence-electron chi connectivity index (χ4n) is 1.49. The number of rotatable bonds is 4. The molecule has 0 bridgehead atoms. The third-order valence-electron chi connectivity index (χ3n) is 2.63. The second-order valence-electron chi connectivity index (χ2n) is 3.91. The summed E-state index contributed by atoms with van der Waals surface area (Å²) in [6.07, 6.45) is 2.17. The summed E-state index contributed by atoms with van der Waals surface area (Å²) in [7, 11) is 1.41. The van der Waals surface area contributed by atoms with Gasteiger partial charge in [-0.3, -0.25) is 0 Å². The zero-order valence-electron chi connectivity index (χ0n) is 9.62. The SMILES string of the molecule is CCC(C)Cc1cccc(C(=O)OC)c1. The molecule has 82 valence electrons. The molecule has 0 aliphatic carbocycles. The Bertz CT molecular complexity index is 331. The molecule has 0 saturated heterocycles. The summed E-state index contributed by atoms with van der Waals surface area (Å²) in [5.41, 5.74) is 1.84. The summed E-state index contributed by atoms with van der Waals surface area (Å²) in [6, 6.07) is 7.66. The van der Waals surface area contributed by atoms with Crippen LogP contribution in [0, 0.1) is 5.92 Å². The molecule has 0 saturated carbocycles. The molecule has 0 aliphatic heterocycles. The van der Waals surface area contributed by atoms with Crippen molar-refractivity contribution in [1.29, 1.82) is 0 Å². The van der Waals surface area contributed by atoms with Crippen LogP contribution in [0.1, 0.15) is 36.2 Å². The van der Waals surface area contributed by atoms with Gasteiger partial charge in [-0.05, 0) is 30.0 Å². The normalized spacial score (nSPS) is 12.2. The van der Waals surface area contributed by atoms with Crippen molar-refractivity contribution in [2.75, 3.05) is 7.11 Å². The monoisotopic (exact) mass is 206 g/mol. The lowest BCUT2D eigenvalue weighted by atomic mass is 9.98. The first kappa shape index (κ1) is 11.8. The Morgan fingerprint density at radius 1 is 1.47 bits per heavy atom. The maximum absolute atomic E-state index is 11.3. The van der Waals surface area contributed by atoms with Gasteiger partial charge in [0.2, 0.25) is 0 Å². The molecule has 0 aromatic heterocycles. The van der Waals surface area contributed by atoms with Gasteiger partial charge in [-0.2, -0.15) is 0 Å². The van der Waals surface area contributed by atoms with Crippen LogP contribution in [-0.4, -0.2) is 13.1 Å². The third kappa shape index (κ3) is 3.39. The molecule has 1 rings (SSSR count). The lowest BCUT2D eigenvalue weighted by Gasteiger charge is -2.09. The molecule has 1 aromatic rings. The molecule has 2 heteroatoms. The van der Waals surface area contributed by atoms with Crippen LogP contribution in [0.3, 0.4) is 0 Å². The first-order valence-corrected chi connectivity index (χ1v) is 5.34. The van der Waals surface area contributed by atoms with E-state index in [-0.39, 0.29) is 5.97 Å². The molecule has 1 atom stereocenters. The third-order valence-corrected chi connectivity index (χ3v) is 2.63. The van der Waals surface area contributed by atoms with Gasteiger partial charge in [0.05, 0.1) is 12.7 Å². The number of hydrogen-bond donors (Lipinski definition) is 0. The van der Waals surface area contributed by atoms with E-state index in [1.807, 2.05) is 12.1 Å². The molecule has 0 amide bonds. The van der Waals surface area contributed by atoms with E-state index in [0.29, 0.717) is 11.5 Å². The second kappa shape index (κ2) is 5.54. The molecule has 0 radical (unpaired) electrons. The van der Waals surface area contributed by atoms with Crippen molar-refractivity contribution < 1.29 is 9.53 Å². The molecule has 0 spiro atoms. The zero-order valence-corrected chi connectivity index (χ0v) is 9.62. The van der Waals surface area contributed by atoms with Crippen molar-refractivity contribution >= 4 is 5.97 Å². The first-order valence-electron chi connectivity index (χ1n) is 5.34. The zero-order chi connectivity index (χ0) is 11.3. The first-order chi connectivity index (χ1) is 7.17. The van der Waals surface area contributed by atoms with Crippen LogP contribution in [0.25, 0.3) is 0 Å². The summed E-state index contributed by atoms with van der Waals surface area (Å²) in [6.45, 7) is 4.39. The maximum atomic E-state index is 11.3. The largest absolute Gasteiger partial charge is 0.465 e. The number of carbonyl (C=O) groups is 1. The summed E-state index contributed by atoms with van der Waals surface area (Å²) in [5.74, 6) is 0.388. The molecule has 15 heavy (non-hydrogen) atoms. The van der Waals surface area contributed by atoms with Gasteiger partial charge in [-0.15, -0.1) is 0 Å².